The molecule has 1 aromatic rings. The van der Waals surface area contributed by atoms with Crippen LogP contribution in [0.2, 0.25) is 0 Å². The van der Waals surface area contributed by atoms with Gasteiger partial charge in [0.2, 0.25) is 5.91 Å². The number of hydrogen-bond acceptors (Lipinski definition) is 3. The molecule has 1 N–H and O–H groups in total. The number of nitrogens with zero attached hydrogens (tertiary/aromatic N) is 3. The van der Waals surface area contributed by atoms with E-state index in [9.17, 15) is 9.59 Å². The van der Waals surface area contributed by atoms with Gasteiger partial charge in [0, 0.05) is 37.3 Å². The zero-order valence-electron chi connectivity index (χ0n) is 15.3. The van der Waals surface area contributed by atoms with Gasteiger partial charge in [-0.3, -0.25) is 14.7 Å². The smallest absolute Gasteiger partial charge is 0.274 e. The normalized spacial score (nSPS) is 24.0. The van der Waals surface area contributed by atoms with Gasteiger partial charge in [-0.2, -0.15) is 5.10 Å². The number of fused-ring (bicyclic) bond motifs is 1. The van der Waals surface area contributed by atoms with E-state index in [-0.39, 0.29) is 17.9 Å². The molecule has 0 aromatic carbocycles. The highest BCUT2D eigenvalue weighted by Gasteiger charge is 2.37. The van der Waals surface area contributed by atoms with Gasteiger partial charge in [0.1, 0.15) is 0 Å². The van der Waals surface area contributed by atoms with E-state index in [4.69, 9.17) is 0 Å². The van der Waals surface area contributed by atoms with Crippen LogP contribution in [-0.2, 0) is 17.6 Å². The molecule has 3 aliphatic rings. The Hall–Kier alpha value is -1.85. The Kier molecular flexibility index (Phi) is 4.29. The van der Waals surface area contributed by atoms with Crippen molar-refractivity contribution < 1.29 is 9.59 Å². The molecule has 25 heavy (non-hydrogen) atoms. The summed E-state index contributed by atoms with van der Waals surface area (Å²) in [5.41, 5.74) is 2.79. The van der Waals surface area contributed by atoms with Gasteiger partial charge >= 0.3 is 0 Å². The maximum atomic E-state index is 13.1. The van der Waals surface area contributed by atoms with Gasteiger partial charge in [0.05, 0.1) is 6.04 Å². The van der Waals surface area contributed by atoms with Crippen LogP contribution in [0.3, 0.4) is 0 Å². The highest BCUT2D eigenvalue weighted by Crippen LogP contribution is 2.32. The Balaban J connectivity index is 1.55. The van der Waals surface area contributed by atoms with Gasteiger partial charge in [-0.25, -0.2) is 0 Å². The number of aryl methyl sites for hydroxylation is 1. The molecule has 0 radical (unpaired) electrons. The topological polar surface area (TPSA) is 69.3 Å². The Morgan fingerprint density at radius 3 is 2.80 bits per heavy atom. The fraction of sp³-hybridized carbons (Fsp3) is 0.737. The Morgan fingerprint density at radius 2 is 2.08 bits per heavy atom. The molecule has 2 fully saturated rings. The molecular weight excluding hydrogens is 316 g/mol. The number of nitrogens with one attached hydrogen (secondary N) is 1. The molecule has 2 aliphatic carbocycles. The van der Waals surface area contributed by atoms with Crippen LogP contribution in [0, 0.1) is 11.8 Å². The van der Waals surface area contributed by atoms with Crippen LogP contribution < -0.4 is 0 Å². The number of H-pyrrole nitrogens is 1. The molecule has 1 aliphatic heterocycles. The van der Waals surface area contributed by atoms with E-state index in [1.807, 2.05) is 4.90 Å². The summed E-state index contributed by atoms with van der Waals surface area (Å²) >= 11 is 0. The monoisotopic (exact) mass is 344 g/mol. The molecule has 2 amide bonds. The summed E-state index contributed by atoms with van der Waals surface area (Å²) in [7, 11) is 0. The zero-order chi connectivity index (χ0) is 17.6. The van der Waals surface area contributed by atoms with Gasteiger partial charge in [0.25, 0.3) is 5.91 Å². The van der Waals surface area contributed by atoms with E-state index < -0.39 is 0 Å². The second-order valence-corrected chi connectivity index (χ2v) is 8.18. The molecule has 6 nitrogen and oxygen atoms in total. The van der Waals surface area contributed by atoms with Gasteiger partial charge < -0.3 is 9.80 Å². The number of rotatable bonds is 4. The average Bonchev–Trinajstić information content (AvgIpc) is 3.17. The lowest BCUT2D eigenvalue weighted by Gasteiger charge is -2.34. The summed E-state index contributed by atoms with van der Waals surface area (Å²) in [6, 6.07) is 0.103. The minimum absolute atomic E-state index is 0.00822. The standard InChI is InChI=1S/C19H28N4O2/c1-12(2)16-11-22(9-8-17(24)23(16)10-13-6-7-13)19(25)18-14-4-3-5-15(14)20-21-18/h12-13,16H,3-11H2,1-2H3,(H,20,21). The molecule has 1 aromatic heterocycles. The fourth-order valence-corrected chi connectivity index (χ4v) is 4.19. The highest BCUT2D eigenvalue weighted by atomic mass is 16.2. The molecule has 0 bridgehead atoms. The lowest BCUT2D eigenvalue weighted by Crippen LogP contribution is -2.48. The second-order valence-electron chi connectivity index (χ2n) is 8.18. The Morgan fingerprint density at radius 1 is 1.28 bits per heavy atom. The molecular formula is C19H28N4O2. The van der Waals surface area contributed by atoms with Crippen LogP contribution >= 0.6 is 0 Å². The first-order valence-electron chi connectivity index (χ1n) is 9.69. The van der Waals surface area contributed by atoms with Crippen LogP contribution in [0.15, 0.2) is 0 Å². The zero-order valence-corrected chi connectivity index (χ0v) is 15.3. The first-order valence-corrected chi connectivity index (χ1v) is 9.69. The predicted octanol–water partition coefficient (Wildman–Crippen LogP) is 2.01. The number of aromatic nitrogens is 2. The maximum Gasteiger partial charge on any atom is 0.274 e. The lowest BCUT2D eigenvalue weighted by atomic mass is 10.0. The van der Waals surface area contributed by atoms with Gasteiger partial charge in [0.15, 0.2) is 5.69 Å². The van der Waals surface area contributed by atoms with Crippen molar-refractivity contribution in [3.8, 4) is 0 Å². The first kappa shape index (κ1) is 16.6. The fourth-order valence-electron chi connectivity index (χ4n) is 4.19. The molecule has 1 saturated carbocycles. The molecule has 6 heteroatoms. The number of hydrogen-bond donors (Lipinski definition) is 1. The van der Waals surface area contributed by atoms with E-state index in [0.717, 1.165) is 37.1 Å². The summed E-state index contributed by atoms with van der Waals surface area (Å²) in [5.74, 6) is 1.20. The SMILES string of the molecule is CC(C)C1CN(C(=O)c2n[nH]c3c2CCC3)CCC(=O)N1CC1CC1. The molecule has 4 rings (SSSR count). The van der Waals surface area contributed by atoms with Crippen LogP contribution in [0.1, 0.15) is 61.3 Å². The minimum Gasteiger partial charge on any atom is -0.337 e. The summed E-state index contributed by atoms with van der Waals surface area (Å²) < 4.78 is 0. The largest absolute Gasteiger partial charge is 0.337 e. The molecule has 0 spiro atoms. The highest BCUT2D eigenvalue weighted by molar-refractivity contribution is 5.94. The number of aromatic amines is 1. The van der Waals surface area contributed by atoms with Gasteiger partial charge in [-0.1, -0.05) is 13.8 Å². The van der Waals surface area contributed by atoms with Crippen molar-refractivity contribution in [3.05, 3.63) is 17.0 Å². The predicted molar refractivity (Wildman–Crippen MR) is 94.2 cm³/mol. The summed E-state index contributed by atoms with van der Waals surface area (Å²) in [6.07, 6.45) is 5.90. The molecule has 1 saturated heterocycles. The van der Waals surface area contributed by atoms with Crippen LogP contribution in [0.5, 0.6) is 0 Å². The van der Waals surface area contributed by atoms with Crippen molar-refractivity contribution in [2.75, 3.05) is 19.6 Å². The van der Waals surface area contributed by atoms with E-state index in [1.54, 1.807) is 0 Å². The molecule has 1 unspecified atom stereocenters. The quantitative estimate of drug-likeness (QED) is 0.908. The number of carbonyl (C=O) groups is 2. The van der Waals surface area contributed by atoms with Gasteiger partial charge in [-0.05, 0) is 43.9 Å². The third-order valence-electron chi connectivity index (χ3n) is 5.94. The van der Waals surface area contributed by atoms with E-state index in [2.05, 4.69) is 28.9 Å². The van der Waals surface area contributed by atoms with Crippen molar-refractivity contribution >= 4 is 11.8 Å². The Labute approximate surface area is 148 Å². The van der Waals surface area contributed by atoms with E-state index in [0.29, 0.717) is 37.0 Å². The molecule has 1 atom stereocenters. The third-order valence-corrected chi connectivity index (χ3v) is 5.94. The van der Waals surface area contributed by atoms with Crippen molar-refractivity contribution in [1.29, 1.82) is 0 Å². The van der Waals surface area contributed by atoms with Crippen LogP contribution in [-0.4, -0.2) is 57.5 Å². The van der Waals surface area contributed by atoms with Crippen molar-refractivity contribution in [1.82, 2.24) is 20.0 Å². The number of amides is 2. The maximum absolute atomic E-state index is 13.1. The minimum atomic E-state index is -0.00822. The first-order chi connectivity index (χ1) is 12.0. The van der Waals surface area contributed by atoms with Crippen LogP contribution in [0.25, 0.3) is 0 Å². The van der Waals surface area contributed by atoms with Crippen LogP contribution in [0.4, 0.5) is 0 Å². The molecule has 136 valence electrons. The van der Waals surface area contributed by atoms with Crippen molar-refractivity contribution in [3.63, 3.8) is 0 Å². The summed E-state index contributed by atoms with van der Waals surface area (Å²) in [4.78, 5) is 29.7. The third kappa shape index (κ3) is 3.18. The lowest BCUT2D eigenvalue weighted by molar-refractivity contribution is -0.133. The average molecular weight is 344 g/mol. The summed E-state index contributed by atoms with van der Waals surface area (Å²) in [5, 5.41) is 7.33. The second kappa shape index (κ2) is 6.46. The Bertz CT molecular complexity index is 677. The van der Waals surface area contributed by atoms with Crippen molar-refractivity contribution in [2.45, 2.75) is 58.4 Å². The summed E-state index contributed by atoms with van der Waals surface area (Å²) in [6.45, 7) is 6.29. The molecule has 2 heterocycles. The van der Waals surface area contributed by atoms with Gasteiger partial charge in [-0.15, -0.1) is 0 Å². The van der Waals surface area contributed by atoms with E-state index in [1.165, 1.54) is 12.8 Å². The van der Waals surface area contributed by atoms with E-state index >= 15 is 0 Å². The van der Waals surface area contributed by atoms with Crippen molar-refractivity contribution in [2.24, 2.45) is 11.8 Å². The number of carbonyl (C=O) groups excluding carboxylic acids is 2.